The zero-order valence-corrected chi connectivity index (χ0v) is 12.2. The summed E-state index contributed by atoms with van der Waals surface area (Å²) >= 11 is 0. The van der Waals surface area contributed by atoms with Gasteiger partial charge in [0.05, 0.1) is 11.4 Å². The molecule has 0 amide bonds. The molecule has 1 aliphatic carbocycles. The van der Waals surface area contributed by atoms with E-state index in [0.717, 1.165) is 22.9 Å². The van der Waals surface area contributed by atoms with Gasteiger partial charge in [-0.2, -0.15) is 0 Å². The molecular weight excluding hydrogens is 264 g/mol. The molecule has 4 nitrogen and oxygen atoms in total. The largest absolute Gasteiger partial charge is 0.295 e. The van der Waals surface area contributed by atoms with Gasteiger partial charge in [-0.1, -0.05) is 12.2 Å². The summed E-state index contributed by atoms with van der Waals surface area (Å²) in [4.78, 5) is 15.5. The molecule has 0 fully saturated rings. The molecule has 0 radical (unpaired) electrons. The molecule has 1 N–H and O–H groups in total. The van der Waals surface area contributed by atoms with Gasteiger partial charge in [-0.25, -0.2) is 5.06 Å². The number of carbonyl (C=O) groups excluding carboxylic acids is 1. The van der Waals surface area contributed by atoms with Crippen LogP contribution in [-0.4, -0.2) is 23.2 Å². The van der Waals surface area contributed by atoms with Crippen LogP contribution in [0, 0.1) is 0 Å². The molecule has 0 heterocycles. The number of hydrogen-bond acceptors (Lipinski definition) is 4. The van der Waals surface area contributed by atoms with Crippen LogP contribution in [0.3, 0.4) is 0 Å². The first kappa shape index (κ1) is 14.9. The van der Waals surface area contributed by atoms with Crippen molar-refractivity contribution in [3.05, 3.63) is 65.9 Å². The molecule has 0 spiro atoms. The van der Waals surface area contributed by atoms with Gasteiger partial charge in [0.1, 0.15) is 0 Å². The molecule has 1 aromatic rings. The third kappa shape index (κ3) is 4.00. The molecule has 1 aromatic carbocycles. The average molecular weight is 282 g/mol. The lowest BCUT2D eigenvalue weighted by molar-refractivity contribution is 0.101. The highest BCUT2D eigenvalue weighted by Crippen LogP contribution is 2.17. The minimum Gasteiger partial charge on any atom is -0.295 e. The molecule has 0 bridgehead atoms. The van der Waals surface area contributed by atoms with E-state index in [-0.39, 0.29) is 5.78 Å². The maximum Gasteiger partial charge on any atom is 0.159 e. The lowest BCUT2D eigenvalue weighted by Gasteiger charge is -2.14. The topological polar surface area (TPSA) is 52.9 Å². The Morgan fingerprint density at radius 3 is 2.33 bits per heavy atom. The van der Waals surface area contributed by atoms with Gasteiger partial charge in [0, 0.05) is 18.3 Å². The van der Waals surface area contributed by atoms with Crippen LogP contribution in [0.15, 0.2) is 65.3 Å². The van der Waals surface area contributed by atoms with Crippen molar-refractivity contribution < 1.29 is 10.0 Å². The van der Waals surface area contributed by atoms with Crippen LogP contribution in [0.25, 0.3) is 0 Å². The molecule has 0 aliphatic heterocycles. The summed E-state index contributed by atoms with van der Waals surface area (Å²) in [7, 11) is 0. The van der Waals surface area contributed by atoms with E-state index < -0.39 is 0 Å². The summed E-state index contributed by atoms with van der Waals surface area (Å²) in [6.45, 7) is 4.25. The van der Waals surface area contributed by atoms with Crippen molar-refractivity contribution in [1.29, 1.82) is 0 Å². The number of aliphatic imine (C=N–C) groups is 1. The average Bonchev–Trinajstić information content (AvgIpc) is 2.49. The number of Topliss-reactive ketones (excluding diaryl/α,β-unsaturated/α-hetero) is 1. The summed E-state index contributed by atoms with van der Waals surface area (Å²) in [6, 6.07) is 6.79. The molecule has 0 saturated carbocycles. The number of benzene rings is 1. The van der Waals surface area contributed by atoms with Gasteiger partial charge >= 0.3 is 0 Å². The van der Waals surface area contributed by atoms with Crippen LogP contribution in [0.1, 0.15) is 24.2 Å². The van der Waals surface area contributed by atoms with Crippen LogP contribution in [0.5, 0.6) is 0 Å². The van der Waals surface area contributed by atoms with E-state index in [1.54, 1.807) is 30.5 Å². The normalized spacial score (nSPS) is 13.3. The minimum atomic E-state index is 0.00489. The summed E-state index contributed by atoms with van der Waals surface area (Å²) in [5, 5.41) is 11.1. The van der Waals surface area contributed by atoms with E-state index in [1.807, 2.05) is 31.2 Å². The van der Waals surface area contributed by atoms with Gasteiger partial charge in [-0.15, -0.1) is 0 Å². The van der Waals surface area contributed by atoms with E-state index in [1.165, 1.54) is 6.92 Å². The maximum absolute atomic E-state index is 11.2. The molecule has 2 rings (SSSR count). The maximum atomic E-state index is 11.2. The summed E-state index contributed by atoms with van der Waals surface area (Å²) in [6.07, 6.45) is 9.20. The number of allylic oxidation sites excluding steroid dienone is 5. The van der Waals surface area contributed by atoms with Crippen molar-refractivity contribution in [3.8, 4) is 0 Å². The highest BCUT2D eigenvalue weighted by Gasteiger charge is 2.04. The number of carbonyl (C=O) groups is 1. The Kier molecular flexibility index (Phi) is 4.85. The van der Waals surface area contributed by atoms with Gasteiger partial charge in [0.15, 0.2) is 5.78 Å². The predicted molar refractivity (Wildman–Crippen MR) is 85.1 cm³/mol. The smallest absolute Gasteiger partial charge is 0.159 e. The van der Waals surface area contributed by atoms with E-state index in [9.17, 15) is 10.0 Å². The Morgan fingerprint density at radius 2 is 1.81 bits per heavy atom. The fourth-order valence-electron chi connectivity index (χ4n) is 1.91. The molecular formula is C17H18N2O2. The van der Waals surface area contributed by atoms with E-state index >= 15 is 0 Å². The monoisotopic (exact) mass is 282 g/mol. The molecule has 0 atom stereocenters. The zero-order valence-electron chi connectivity index (χ0n) is 12.2. The van der Waals surface area contributed by atoms with Crippen LogP contribution < -0.4 is 5.06 Å². The molecule has 0 unspecified atom stereocenters. The molecule has 0 aromatic heterocycles. The standard InChI is InChI=1S/C17H18N2O2/c1-3-18-16-8-4-14(5-9-16)12-19(21)17-10-6-15(7-11-17)13(2)20/h4-12,21H,3H2,1-2H3. The predicted octanol–water partition coefficient (Wildman–Crippen LogP) is 3.56. The van der Waals surface area contributed by atoms with Gasteiger partial charge < -0.3 is 0 Å². The zero-order chi connectivity index (χ0) is 15.2. The fraction of sp³-hybridized carbons (Fsp3) is 0.176. The third-order valence-corrected chi connectivity index (χ3v) is 3.04. The van der Waals surface area contributed by atoms with Gasteiger partial charge in [-0.3, -0.25) is 15.0 Å². The highest BCUT2D eigenvalue weighted by molar-refractivity contribution is 6.05. The molecule has 4 heteroatoms. The van der Waals surface area contributed by atoms with E-state index in [0.29, 0.717) is 11.3 Å². The Bertz CT molecular complexity index is 619. The minimum absolute atomic E-state index is 0.00489. The fourth-order valence-corrected chi connectivity index (χ4v) is 1.91. The van der Waals surface area contributed by atoms with Crippen molar-refractivity contribution in [2.24, 2.45) is 4.99 Å². The van der Waals surface area contributed by atoms with E-state index in [4.69, 9.17) is 0 Å². The molecule has 1 aliphatic rings. The summed E-state index contributed by atoms with van der Waals surface area (Å²) in [5.41, 5.74) is 3.01. The number of hydroxylamine groups is 1. The van der Waals surface area contributed by atoms with Crippen molar-refractivity contribution in [2.45, 2.75) is 13.8 Å². The Balaban J connectivity index is 2.11. The lowest BCUT2D eigenvalue weighted by Crippen LogP contribution is -2.10. The second-order valence-corrected chi connectivity index (χ2v) is 4.64. The SMILES string of the molecule is CCN=C1C=CC(=CN(O)c2ccc(C(C)=O)cc2)C=C1. The van der Waals surface area contributed by atoms with Gasteiger partial charge in [-0.05, 0) is 55.8 Å². The van der Waals surface area contributed by atoms with Crippen LogP contribution >= 0.6 is 0 Å². The van der Waals surface area contributed by atoms with Gasteiger partial charge in [0.2, 0.25) is 0 Å². The molecule has 108 valence electrons. The van der Waals surface area contributed by atoms with Crippen LogP contribution in [-0.2, 0) is 0 Å². The Hall–Kier alpha value is -2.46. The van der Waals surface area contributed by atoms with Crippen LogP contribution in [0.2, 0.25) is 0 Å². The Morgan fingerprint density at radius 1 is 1.19 bits per heavy atom. The number of anilines is 1. The first-order valence-electron chi connectivity index (χ1n) is 6.81. The number of hydrogen-bond donors (Lipinski definition) is 1. The second-order valence-electron chi connectivity index (χ2n) is 4.64. The van der Waals surface area contributed by atoms with Crippen LogP contribution in [0.4, 0.5) is 5.69 Å². The number of rotatable bonds is 4. The first-order chi connectivity index (χ1) is 10.1. The van der Waals surface area contributed by atoms with E-state index in [2.05, 4.69) is 4.99 Å². The quantitative estimate of drug-likeness (QED) is 0.678. The van der Waals surface area contributed by atoms with Crippen molar-refractivity contribution >= 4 is 17.2 Å². The van der Waals surface area contributed by atoms with Crippen molar-refractivity contribution in [3.63, 3.8) is 0 Å². The highest BCUT2D eigenvalue weighted by atomic mass is 16.5. The van der Waals surface area contributed by atoms with Crippen molar-refractivity contribution in [2.75, 3.05) is 11.6 Å². The lowest BCUT2D eigenvalue weighted by atomic mass is 10.1. The number of nitrogens with zero attached hydrogens (tertiary/aromatic N) is 2. The first-order valence-corrected chi connectivity index (χ1v) is 6.81. The second kappa shape index (κ2) is 6.81. The Labute approximate surface area is 124 Å². The third-order valence-electron chi connectivity index (χ3n) is 3.04. The summed E-state index contributed by atoms with van der Waals surface area (Å²) < 4.78 is 0. The number of ketones is 1. The summed E-state index contributed by atoms with van der Waals surface area (Å²) in [5.74, 6) is 0.00489. The molecule has 0 saturated heterocycles. The van der Waals surface area contributed by atoms with Crippen molar-refractivity contribution in [1.82, 2.24) is 0 Å². The molecule has 21 heavy (non-hydrogen) atoms. The van der Waals surface area contributed by atoms with Gasteiger partial charge in [0.25, 0.3) is 0 Å².